The van der Waals surface area contributed by atoms with Crippen LogP contribution in [-0.4, -0.2) is 4.57 Å². The highest BCUT2D eigenvalue weighted by molar-refractivity contribution is 7.10. The van der Waals surface area contributed by atoms with Gasteiger partial charge in [0.05, 0.1) is 10.6 Å². The Morgan fingerprint density at radius 2 is 1.85 bits per heavy atom. The maximum Gasteiger partial charge on any atom is 0.307 e. The summed E-state index contributed by atoms with van der Waals surface area (Å²) < 4.78 is 1.56. The predicted octanol–water partition coefficient (Wildman–Crippen LogP) is 2.76. The molecule has 1 heterocycles. The summed E-state index contributed by atoms with van der Waals surface area (Å²) in [5, 5.41) is 0. The monoisotopic (exact) mass is 197 g/mol. The molecule has 0 aliphatic rings. The van der Waals surface area contributed by atoms with Crippen LogP contribution in [0.5, 0.6) is 0 Å². The first kappa shape index (κ1) is 11.9. The number of thiazole rings is 1. The van der Waals surface area contributed by atoms with Crippen LogP contribution < -0.4 is 4.87 Å². The first-order valence-electron chi connectivity index (χ1n) is 4.15. The largest absolute Gasteiger partial charge is 0.307 e. The molecule has 0 atom stereocenters. The number of rotatable bonds is 2. The third-order valence-corrected chi connectivity index (χ3v) is 2.51. The first-order chi connectivity index (χ1) is 6.20. The molecule has 0 aliphatic heterocycles. The number of aromatic nitrogens is 1. The van der Waals surface area contributed by atoms with E-state index >= 15 is 0 Å². The van der Waals surface area contributed by atoms with Gasteiger partial charge in [0.25, 0.3) is 0 Å². The van der Waals surface area contributed by atoms with Gasteiger partial charge in [-0.2, -0.15) is 0 Å². The molecule has 2 nitrogen and oxygen atoms in total. The molecule has 0 bridgehead atoms. The van der Waals surface area contributed by atoms with Crippen molar-refractivity contribution in [2.45, 2.75) is 13.8 Å². The summed E-state index contributed by atoms with van der Waals surface area (Å²) in [6, 6.07) is 0. The average molecular weight is 197 g/mol. The summed E-state index contributed by atoms with van der Waals surface area (Å²) in [4.78, 5) is 12.0. The third kappa shape index (κ3) is 2.42. The van der Waals surface area contributed by atoms with E-state index in [1.807, 2.05) is 13.8 Å². The third-order valence-electron chi connectivity index (χ3n) is 1.46. The minimum absolute atomic E-state index is 0.0230. The number of hydrogen-bond donors (Lipinski definition) is 0. The van der Waals surface area contributed by atoms with Gasteiger partial charge in [-0.05, 0) is 12.2 Å². The molecular formula is C10H15NOS. The smallest absolute Gasteiger partial charge is 0.302 e. The standard InChI is InChI=1S/C8H9NOS.C2H6/c1-4-6-7(5-2)11-8(10)9(6)3;1-2/h4-5H,1-2H2,3H3;1-2H3. The van der Waals surface area contributed by atoms with E-state index < -0.39 is 0 Å². The summed E-state index contributed by atoms with van der Waals surface area (Å²) in [6.07, 6.45) is 3.33. The van der Waals surface area contributed by atoms with E-state index in [0.29, 0.717) is 0 Å². The molecule has 3 heteroatoms. The molecule has 1 aromatic rings. The molecule has 0 saturated carbocycles. The maximum absolute atomic E-state index is 11.1. The highest BCUT2D eigenvalue weighted by Crippen LogP contribution is 2.13. The van der Waals surface area contributed by atoms with Crippen molar-refractivity contribution >= 4 is 23.5 Å². The van der Waals surface area contributed by atoms with Gasteiger partial charge in [0.15, 0.2) is 0 Å². The Hall–Kier alpha value is -1.09. The van der Waals surface area contributed by atoms with Crippen molar-refractivity contribution in [3.05, 3.63) is 33.4 Å². The van der Waals surface area contributed by atoms with Crippen LogP contribution in [0.15, 0.2) is 18.0 Å². The minimum atomic E-state index is 0.0230. The van der Waals surface area contributed by atoms with Crippen LogP contribution >= 0.6 is 11.3 Å². The highest BCUT2D eigenvalue weighted by atomic mass is 32.1. The van der Waals surface area contributed by atoms with Crippen LogP contribution in [0, 0.1) is 0 Å². The quantitative estimate of drug-likeness (QED) is 0.714. The minimum Gasteiger partial charge on any atom is -0.302 e. The Morgan fingerprint density at radius 1 is 1.31 bits per heavy atom. The molecule has 0 fully saturated rings. The van der Waals surface area contributed by atoms with Gasteiger partial charge < -0.3 is 4.57 Å². The van der Waals surface area contributed by atoms with Gasteiger partial charge in [0.2, 0.25) is 0 Å². The van der Waals surface area contributed by atoms with Crippen molar-refractivity contribution < 1.29 is 0 Å². The Bertz CT molecular complexity index is 346. The molecule has 0 N–H and O–H groups in total. The SMILES string of the molecule is C=Cc1sc(=O)n(C)c1C=C.CC. The van der Waals surface area contributed by atoms with Gasteiger partial charge in [-0.15, -0.1) is 0 Å². The van der Waals surface area contributed by atoms with Gasteiger partial charge in [-0.3, -0.25) is 4.79 Å². The summed E-state index contributed by atoms with van der Waals surface area (Å²) in [5.74, 6) is 0. The van der Waals surface area contributed by atoms with Crippen molar-refractivity contribution in [3.63, 3.8) is 0 Å². The van der Waals surface area contributed by atoms with Crippen LogP contribution in [0.1, 0.15) is 24.4 Å². The second-order valence-corrected chi connectivity index (χ2v) is 3.08. The molecule has 0 spiro atoms. The van der Waals surface area contributed by atoms with E-state index in [2.05, 4.69) is 13.2 Å². The van der Waals surface area contributed by atoms with E-state index in [9.17, 15) is 4.79 Å². The molecule has 72 valence electrons. The highest BCUT2D eigenvalue weighted by Gasteiger charge is 2.04. The molecule has 1 rings (SSSR count). The lowest BCUT2D eigenvalue weighted by Gasteiger charge is -1.93. The molecular weight excluding hydrogens is 182 g/mol. The van der Waals surface area contributed by atoms with Crippen molar-refractivity contribution in [3.8, 4) is 0 Å². The van der Waals surface area contributed by atoms with E-state index in [1.54, 1.807) is 23.8 Å². The van der Waals surface area contributed by atoms with E-state index in [4.69, 9.17) is 0 Å². The van der Waals surface area contributed by atoms with Crippen molar-refractivity contribution in [2.75, 3.05) is 0 Å². The lowest BCUT2D eigenvalue weighted by Crippen LogP contribution is -2.08. The summed E-state index contributed by atoms with van der Waals surface area (Å²) in [7, 11) is 1.73. The van der Waals surface area contributed by atoms with Crippen LogP contribution in [0.4, 0.5) is 0 Å². The molecule has 0 unspecified atom stereocenters. The number of hydrogen-bond acceptors (Lipinski definition) is 2. The van der Waals surface area contributed by atoms with Crippen LogP contribution in [0.2, 0.25) is 0 Å². The lowest BCUT2D eigenvalue weighted by molar-refractivity contribution is 0.883. The zero-order valence-electron chi connectivity index (χ0n) is 8.33. The van der Waals surface area contributed by atoms with Gasteiger partial charge in [0.1, 0.15) is 0 Å². The van der Waals surface area contributed by atoms with Crippen LogP contribution in [0.25, 0.3) is 12.2 Å². The van der Waals surface area contributed by atoms with Crippen molar-refractivity contribution in [1.29, 1.82) is 0 Å². The van der Waals surface area contributed by atoms with Crippen LogP contribution in [0.3, 0.4) is 0 Å². The zero-order chi connectivity index (χ0) is 10.4. The molecule has 0 amide bonds. The lowest BCUT2D eigenvalue weighted by atomic mass is 10.3. The Labute approximate surface area is 82.8 Å². The first-order valence-corrected chi connectivity index (χ1v) is 4.97. The molecule has 13 heavy (non-hydrogen) atoms. The normalized spacial score (nSPS) is 8.54. The summed E-state index contributed by atoms with van der Waals surface area (Å²) >= 11 is 1.18. The zero-order valence-corrected chi connectivity index (χ0v) is 9.15. The average Bonchev–Trinajstić information content (AvgIpc) is 2.46. The predicted molar refractivity (Wildman–Crippen MR) is 61.1 cm³/mol. The van der Waals surface area contributed by atoms with Gasteiger partial charge in [0, 0.05) is 7.05 Å². The topological polar surface area (TPSA) is 22.0 Å². The van der Waals surface area contributed by atoms with E-state index in [-0.39, 0.29) is 4.87 Å². The molecule has 0 aliphatic carbocycles. The maximum atomic E-state index is 11.1. The van der Waals surface area contributed by atoms with Gasteiger partial charge >= 0.3 is 4.87 Å². The Morgan fingerprint density at radius 3 is 2.15 bits per heavy atom. The Kier molecular flexibility index (Phi) is 5.07. The second-order valence-electron chi connectivity index (χ2n) is 2.08. The molecule has 1 aromatic heterocycles. The van der Waals surface area contributed by atoms with Crippen LogP contribution in [-0.2, 0) is 7.05 Å². The molecule has 0 saturated heterocycles. The fourth-order valence-electron chi connectivity index (χ4n) is 0.862. The van der Waals surface area contributed by atoms with E-state index in [0.717, 1.165) is 10.6 Å². The molecule has 0 aromatic carbocycles. The second kappa shape index (κ2) is 5.54. The summed E-state index contributed by atoms with van der Waals surface area (Å²) in [5.41, 5.74) is 0.843. The molecule has 0 radical (unpaired) electrons. The Balaban J connectivity index is 0.000000671. The fraction of sp³-hybridized carbons (Fsp3) is 0.300. The summed E-state index contributed by atoms with van der Waals surface area (Å²) in [6.45, 7) is 11.2. The van der Waals surface area contributed by atoms with Crippen molar-refractivity contribution in [2.24, 2.45) is 7.05 Å². The van der Waals surface area contributed by atoms with Crippen molar-refractivity contribution in [1.82, 2.24) is 4.57 Å². The van der Waals surface area contributed by atoms with E-state index in [1.165, 1.54) is 11.3 Å². The van der Waals surface area contributed by atoms with Gasteiger partial charge in [-0.25, -0.2) is 0 Å². The fourth-order valence-corrected chi connectivity index (χ4v) is 1.69. The van der Waals surface area contributed by atoms with Gasteiger partial charge in [-0.1, -0.05) is 38.3 Å². The number of nitrogens with zero attached hydrogens (tertiary/aromatic N) is 1.